The Morgan fingerprint density at radius 2 is 1.38 bits per heavy atom. The molecule has 5 heteroatoms. The highest BCUT2D eigenvalue weighted by molar-refractivity contribution is 5.99. The van der Waals surface area contributed by atoms with Gasteiger partial charge in [0, 0.05) is 48.9 Å². The molecule has 0 saturated carbocycles. The number of carbonyl (C=O) groups excluding carboxylic acids is 1. The van der Waals surface area contributed by atoms with E-state index in [4.69, 9.17) is 4.99 Å². The van der Waals surface area contributed by atoms with Gasteiger partial charge in [0.1, 0.15) is 0 Å². The number of piperazine rings is 1. The highest BCUT2D eigenvalue weighted by Crippen LogP contribution is 2.35. The van der Waals surface area contributed by atoms with E-state index in [0.717, 1.165) is 70.3 Å². The average Bonchev–Trinajstić information content (AvgIpc) is 2.92. The van der Waals surface area contributed by atoms with Crippen LogP contribution in [0.2, 0.25) is 0 Å². The van der Waals surface area contributed by atoms with Gasteiger partial charge in [0.15, 0.2) is 5.78 Å². The lowest BCUT2D eigenvalue weighted by Gasteiger charge is -2.46. The molecule has 1 aliphatic heterocycles. The summed E-state index contributed by atoms with van der Waals surface area (Å²) < 4.78 is 0. The SMILES string of the molecule is C=NC(=N/C=C(\CC)C(=O)C(C)(CCCC)CCCC)N1CCN(C(C)(CC)CCCCCCC)CC1. The summed E-state index contributed by atoms with van der Waals surface area (Å²) in [7, 11) is 0. The zero-order chi connectivity index (χ0) is 27.7. The van der Waals surface area contributed by atoms with Gasteiger partial charge >= 0.3 is 0 Å². The highest BCUT2D eigenvalue weighted by atomic mass is 16.1. The third kappa shape index (κ3) is 10.7. The van der Waals surface area contributed by atoms with Gasteiger partial charge in [0.05, 0.1) is 0 Å². The quantitative estimate of drug-likeness (QED) is 0.0794. The molecule has 0 amide bonds. The van der Waals surface area contributed by atoms with Crippen LogP contribution in [0, 0.1) is 5.41 Å². The summed E-state index contributed by atoms with van der Waals surface area (Å²) in [6, 6.07) is 0. The molecule has 0 aromatic heterocycles. The Balaban J connectivity index is 2.88. The number of allylic oxidation sites excluding steroid dienone is 1. The minimum Gasteiger partial charge on any atom is -0.338 e. The van der Waals surface area contributed by atoms with E-state index in [9.17, 15) is 4.79 Å². The Hall–Kier alpha value is -1.49. The van der Waals surface area contributed by atoms with Crippen LogP contribution in [0.3, 0.4) is 0 Å². The number of ketones is 1. The van der Waals surface area contributed by atoms with Crippen molar-refractivity contribution in [1.82, 2.24) is 9.80 Å². The molecule has 1 heterocycles. The van der Waals surface area contributed by atoms with Crippen LogP contribution in [-0.2, 0) is 4.79 Å². The maximum absolute atomic E-state index is 13.6. The van der Waals surface area contributed by atoms with Crippen LogP contribution in [0.4, 0.5) is 0 Å². The molecule has 0 N–H and O–H groups in total. The topological polar surface area (TPSA) is 48.3 Å². The van der Waals surface area contributed by atoms with Crippen molar-refractivity contribution in [3.05, 3.63) is 11.8 Å². The standard InChI is InChI=1S/C32H60N4O/c1-9-14-17-18-19-22-32(7,13-5)36-25-23-35(24-26-36)30(33-8)34-27-28(12-4)29(37)31(6,20-15-10-2)21-16-11-3/h27H,8-26H2,1-7H3/b28-27+,34-30?. The Morgan fingerprint density at radius 3 is 1.86 bits per heavy atom. The maximum atomic E-state index is 13.6. The zero-order valence-electron chi connectivity index (χ0n) is 25.7. The normalized spacial score (nSPS) is 17.6. The molecular weight excluding hydrogens is 456 g/mol. The molecule has 0 aromatic carbocycles. The first-order chi connectivity index (χ1) is 17.7. The molecule has 0 aromatic rings. The van der Waals surface area contributed by atoms with Crippen molar-refractivity contribution in [1.29, 1.82) is 0 Å². The summed E-state index contributed by atoms with van der Waals surface area (Å²) in [5.74, 6) is 0.923. The van der Waals surface area contributed by atoms with Crippen LogP contribution in [0.25, 0.3) is 0 Å². The molecule has 1 saturated heterocycles. The maximum Gasteiger partial charge on any atom is 0.224 e. The number of aliphatic imine (C=N–C) groups is 2. The van der Waals surface area contributed by atoms with E-state index in [0.29, 0.717) is 12.4 Å². The fourth-order valence-corrected chi connectivity index (χ4v) is 5.66. The summed E-state index contributed by atoms with van der Waals surface area (Å²) >= 11 is 0. The number of rotatable bonds is 18. The molecule has 0 aliphatic carbocycles. The third-order valence-electron chi connectivity index (χ3n) is 8.77. The number of guanidine groups is 1. The van der Waals surface area contributed by atoms with Crippen molar-refractivity contribution in [2.45, 2.75) is 144 Å². The monoisotopic (exact) mass is 516 g/mol. The van der Waals surface area contributed by atoms with Crippen molar-refractivity contribution in [2.24, 2.45) is 15.4 Å². The number of hydrogen-bond donors (Lipinski definition) is 0. The zero-order valence-corrected chi connectivity index (χ0v) is 25.7. The molecule has 0 spiro atoms. The van der Waals surface area contributed by atoms with Gasteiger partial charge in [-0.3, -0.25) is 9.69 Å². The van der Waals surface area contributed by atoms with E-state index >= 15 is 0 Å². The van der Waals surface area contributed by atoms with Crippen molar-refractivity contribution in [3.8, 4) is 0 Å². The summed E-state index contributed by atoms with van der Waals surface area (Å²) in [5.41, 5.74) is 0.786. The number of Topliss-reactive ketones (excluding diaryl/α,β-unsaturated/α-hetero) is 1. The van der Waals surface area contributed by atoms with Crippen molar-refractivity contribution in [3.63, 3.8) is 0 Å². The van der Waals surface area contributed by atoms with Gasteiger partial charge < -0.3 is 4.90 Å². The Kier molecular flexibility index (Phi) is 16.2. The van der Waals surface area contributed by atoms with Crippen LogP contribution in [0.5, 0.6) is 0 Å². The first-order valence-electron chi connectivity index (χ1n) is 15.5. The second-order valence-electron chi connectivity index (χ2n) is 11.7. The van der Waals surface area contributed by atoms with Crippen LogP contribution in [0.1, 0.15) is 138 Å². The minimum absolute atomic E-state index is 0.264. The predicted octanol–water partition coefficient (Wildman–Crippen LogP) is 8.44. The molecule has 1 fully saturated rings. The largest absolute Gasteiger partial charge is 0.338 e. The van der Waals surface area contributed by atoms with E-state index in [-0.39, 0.29) is 16.7 Å². The first-order valence-corrected chi connectivity index (χ1v) is 15.5. The number of hydrogen-bond acceptors (Lipinski definition) is 3. The van der Waals surface area contributed by atoms with E-state index in [2.05, 4.69) is 70.0 Å². The molecule has 0 radical (unpaired) electrons. The summed E-state index contributed by atoms with van der Waals surface area (Å²) in [4.78, 5) is 27.5. The second kappa shape index (κ2) is 17.9. The molecule has 1 aliphatic rings. The van der Waals surface area contributed by atoms with E-state index in [1.165, 1.54) is 44.9 Å². The van der Waals surface area contributed by atoms with Crippen LogP contribution < -0.4 is 0 Å². The molecule has 1 unspecified atom stereocenters. The summed E-state index contributed by atoms with van der Waals surface area (Å²) in [6.07, 6.45) is 17.9. The van der Waals surface area contributed by atoms with E-state index in [1.807, 2.05) is 0 Å². The molecule has 1 rings (SSSR count). The fraction of sp³-hybridized carbons (Fsp3) is 0.844. The van der Waals surface area contributed by atoms with Crippen molar-refractivity contribution in [2.75, 3.05) is 26.2 Å². The Bertz CT molecular complexity index is 712. The molecule has 1 atom stereocenters. The first kappa shape index (κ1) is 33.5. The van der Waals surface area contributed by atoms with Crippen molar-refractivity contribution < 1.29 is 4.79 Å². The highest BCUT2D eigenvalue weighted by Gasteiger charge is 2.34. The van der Waals surface area contributed by atoms with Gasteiger partial charge in [-0.25, -0.2) is 9.98 Å². The predicted molar refractivity (Wildman–Crippen MR) is 163 cm³/mol. The van der Waals surface area contributed by atoms with Crippen LogP contribution in [-0.4, -0.2) is 60.0 Å². The molecule has 214 valence electrons. The Labute approximate surface area is 230 Å². The molecule has 5 nitrogen and oxygen atoms in total. The fourth-order valence-electron chi connectivity index (χ4n) is 5.66. The lowest BCUT2D eigenvalue weighted by Crippen LogP contribution is -2.56. The van der Waals surface area contributed by atoms with E-state index in [1.54, 1.807) is 6.20 Å². The molecule has 37 heavy (non-hydrogen) atoms. The van der Waals surface area contributed by atoms with Crippen molar-refractivity contribution >= 4 is 18.5 Å². The minimum atomic E-state index is -0.294. The average molecular weight is 517 g/mol. The lowest BCUT2D eigenvalue weighted by atomic mass is 9.74. The smallest absolute Gasteiger partial charge is 0.224 e. The number of carbonyl (C=O) groups is 1. The lowest BCUT2D eigenvalue weighted by molar-refractivity contribution is -0.125. The second-order valence-corrected chi connectivity index (χ2v) is 11.7. The number of nitrogens with zero attached hydrogens (tertiary/aromatic N) is 4. The van der Waals surface area contributed by atoms with Gasteiger partial charge in [-0.15, -0.1) is 0 Å². The van der Waals surface area contributed by atoms with Crippen LogP contribution in [0.15, 0.2) is 21.8 Å². The van der Waals surface area contributed by atoms with Gasteiger partial charge in [0.2, 0.25) is 5.96 Å². The van der Waals surface area contributed by atoms with Crippen LogP contribution >= 0.6 is 0 Å². The Morgan fingerprint density at radius 1 is 0.811 bits per heavy atom. The summed E-state index contributed by atoms with van der Waals surface area (Å²) in [5, 5.41) is 0. The van der Waals surface area contributed by atoms with Gasteiger partial charge in [-0.2, -0.15) is 0 Å². The van der Waals surface area contributed by atoms with E-state index < -0.39 is 0 Å². The number of unbranched alkanes of at least 4 members (excludes halogenated alkanes) is 6. The molecule has 0 bridgehead atoms. The molecular formula is C32H60N4O. The third-order valence-corrected chi connectivity index (χ3v) is 8.77. The van der Waals surface area contributed by atoms with Gasteiger partial charge in [-0.05, 0) is 45.7 Å². The van der Waals surface area contributed by atoms with Gasteiger partial charge in [0.25, 0.3) is 0 Å². The van der Waals surface area contributed by atoms with Gasteiger partial charge in [-0.1, -0.05) is 99.3 Å². The summed E-state index contributed by atoms with van der Waals surface area (Å²) in [6.45, 7) is 23.3.